The molecule has 0 unspecified atom stereocenters. The minimum Gasteiger partial charge on any atom is -0.308 e. The van der Waals surface area contributed by atoms with Gasteiger partial charge in [-0.3, -0.25) is 0 Å². The van der Waals surface area contributed by atoms with E-state index in [0.29, 0.717) is 0 Å². The number of hydrogen-bond donors (Lipinski definition) is 1. The molecule has 1 heterocycles. The molecule has 0 bridgehead atoms. The normalized spacial score (nSPS) is 20.0. The first-order valence-corrected chi connectivity index (χ1v) is 4.82. The highest BCUT2D eigenvalue weighted by molar-refractivity contribution is 5.78. The van der Waals surface area contributed by atoms with Gasteiger partial charge < -0.3 is 5.32 Å². The summed E-state index contributed by atoms with van der Waals surface area (Å²) >= 11 is 0. The Balaban J connectivity index is 2.12. The molecule has 1 aliphatic carbocycles. The molecule has 1 N–H and O–H groups in total. The maximum atomic E-state index is 3.31. The average Bonchev–Trinajstić information content (AvgIpc) is 2.56. The Labute approximate surface area is 78.5 Å². The van der Waals surface area contributed by atoms with Gasteiger partial charge >= 0.3 is 0 Å². The molecule has 3 rings (SSSR count). The van der Waals surface area contributed by atoms with Crippen molar-refractivity contribution < 1.29 is 0 Å². The second-order valence-electron chi connectivity index (χ2n) is 3.69. The summed E-state index contributed by atoms with van der Waals surface area (Å²) < 4.78 is 0. The fraction of sp³-hybridized carbons (Fsp3) is 0.250. The monoisotopic (exact) mass is 170 g/mol. The lowest BCUT2D eigenvalue weighted by molar-refractivity contribution is 0.780. The molecule has 1 radical (unpaired) electrons. The predicted octanol–water partition coefficient (Wildman–Crippen LogP) is 2.15. The quantitative estimate of drug-likeness (QED) is 0.629. The van der Waals surface area contributed by atoms with E-state index in [4.69, 9.17) is 0 Å². The van der Waals surface area contributed by atoms with E-state index in [9.17, 15) is 0 Å². The molecule has 0 aromatic heterocycles. The van der Waals surface area contributed by atoms with Crippen LogP contribution < -0.4 is 5.32 Å². The Morgan fingerprint density at radius 3 is 3.08 bits per heavy atom. The second-order valence-corrected chi connectivity index (χ2v) is 3.69. The van der Waals surface area contributed by atoms with Gasteiger partial charge in [0.15, 0.2) is 0 Å². The van der Waals surface area contributed by atoms with E-state index in [1.165, 1.54) is 23.1 Å². The van der Waals surface area contributed by atoms with Crippen molar-refractivity contribution in [3.8, 4) is 0 Å². The lowest BCUT2D eigenvalue weighted by Gasteiger charge is -2.14. The first-order valence-electron chi connectivity index (χ1n) is 4.82. The molecule has 0 saturated heterocycles. The standard InChI is InChI=1S/C12H12N/c1-2-4-11-9(3-1)7-10-8-13-6-5-12(10)11/h1-4,8,13H,5-7H2. The van der Waals surface area contributed by atoms with Gasteiger partial charge in [0.2, 0.25) is 0 Å². The zero-order valence-electron chi connectivity index (χ0n) is 7.51. The Morgan fingerprint density at radius 2 is 2.08 bits per heavy atom. The van der Waals surface area contributed by atoms with Gasteiger partial charge in [0.05, 0.1) is 0 Å². The maximum absolute atomic E-state index is 3.31. The molecule has 2 aliphatic rings. The molecule has 0 saturated carbocycles. The van der Waals surface area contributed by atoms with Gasteiger partial charge in [-0.05, 0) is 41.7 Å². The minimum atomic E-state index is 1.09. The van der Waals surface area contributed by atoms with Crippen molar-refractivity contribution in [2.24, 2.45) is 0 Å². The first-order chi connectivity index (χ1) is 6.45. The second kappa shape index (κ2) is 2.71. The summed E-state index contributed by atoms with van der Waals surface area (Å²) in [6.45, 7) is 3.27. The van der Waals surface area contributed by atoms with Gasteiger partial charge in [-0.25, -0.2) is 0 Å². The highest BCUT2D eigenvalue weighted by Gasteiger charge is 2.22. The molecule has 65 valence electrons. The Bertz CT molecular complexity index is 376. The van der Waals surface area contributed by atoms with Crippen molar-refractivity contribution in [2.45, 2.75) is 12.8 Å². The molecule has 1 aromatic rings. The van der Waals surface area contributed by atoms with Crippen LogP contribution in [0.25, 0.3) is 5.57 Å². The van der Waals surface area contributed by atoms with Crippen LogP contribution in [-0.4, -0.2) is 6.54 Å². The van der Waals surface area contributed by atoms with Crippen LogP contribution in [0.15, 0.2) is 29.8 Å². The van der Waals surface area contributed by atoms with E-state index in [-0.39, 0.29) is 0 Å². The third-order valence-corrected chi connectivity index (χ3v) is 2.91. The van der Waals surface area contributed by atoms with Crippen molar-refractivity contribution >= 4 is 5.57 Å². The fourth-order valence-corrected chi connectivity index (χ4v) is 2.28. The van der Waals surface area contributed by atoms with Crippen LogP contribution in [0, 0.1) is 6.54 Å². The van der Waals surface area contributed by atoms with Gasteiger partial charge in [-0.2, -0.15) is 0 Å². The average molecular weight is 170 g/mol. The molecule has 1 aromatic carbocycles. The third kappa shape index (κ3) is 1.04. The summed E-state index contributed by atoms with van der Waals surface area (Å²) in [7, 11) is 0. The topological polar surface area (TPSA) is 12.0 Å². The van der Waals surface area contributed by atoms with Crippen LogP contribution in [0.2, 0.25) is 0 Å². The number of benzene rings is 1. The van der Waals surface area contributed by atoms with Gasteiger partial charge in [-0.15, -0.1) is 0 Å². The predicted molar refractivity (Wildman–Crippen MR) is 54.0 cm³/mol. The van der Waals surface area contributed by atoms with E-state index in [0.717, 1.165) is 13.0 Å². The van der Waals surface area contributed by atoms with Gasteiger partial charge in [-0.1, -0.05) is 24.3 Å². The van der Waals surface area contributed by atoms with Crippen LogP contribution in [-0.2, 0) is 6.42 Å². The molecule has 0 amide bonds. The molecule has 1 heteroatoms. The van der Waals surface area contributed by atoms with Crippen LogP contribution in [0.4, 0.5) is 0 Å². The molecule has 0 atom stereocenters. The number of nitrogens with one attached hydrogen (secondary N) is 1. The summed E-state index contributed by atoms with van der Waals surface area (Å²) in [5, 5.41) is 3.31. The van der Waals surface area contributed by atoms with E-state index >= 15 is 0 Å². The van der Waals surface area contributed by atoms with E-state index < -0.39 is 0 Å². The number of hydrogen-bond acceptors (Lipinski definition) is 1. The largest absolute Gasteiger partial charge is 0.308 e. The highest BCUT2D eigenvalue weighted by Crippen LogP contribution is 2.36. The maximum Gasteiger partial charge on any atom is 0.0484 e. The SMILES string of the molecule is [CH]1NCCC2=C1Cc1ccccc12. The highest BCUT2D eigenvalue weighted by atomic mass is 14.9. The smallest absolute Gasteiger partial charge is 0.0484 e. The molecule has 0 spiro atoms. The molecule has 0 fully saturated rings. The molecule has 13 heavy (non-hydrogen) atoms. The van der Waals surface area contributed by atoms with Crippen LogP contribution in [0.5, 0.6) is 0 Å². The lowest BCUT2D eigenvalue weighted by Crippen LogP contribution is -2.18. The lowest BCUT2D eigenvalue weighted by atomic mass is 10.0. The summed E-state index contributed by atoms with van der Waals surface area (Å²) in [6.07, 6.45) is 2.31. The van der Waals surface area contributed by atoms with Gasteiger partial charge in [0.25, 0.3) is 0 Å². The summed E-state index contributed by atoms with van der Waals surface area (Å²) in [4.78, 5) is 0. The van der Waals surface area contributed by atoms with E-state index in [1.807, 2.05) is 0 Å². The van der Waals surface area contributed by atoms with Crippen LogP contribution >= 0.6 is 0 Å². The number of fused-ring (bicyclic) bond motifs is 2. The number of rotatable bonds is 0. The van der Waals surface area contributed by atoms with Crippen molar-refractivity contribution in [3.63, 3.8) is 0 Å². The molecule has 1 nitrogen and oxygen atoms in total. The Morgan fingerprint density at radius 1 is 1.15 bits per heavy atom. The zero-order valence-corrected chi connectivity index (χ0v) is 7.51. The van der Waals surface area contributed by atoms with E-state index in [2.05, 4.69) is 36.1 Å². The van der Waals surface area contributed by atoms with E-state index in [1.54, 1.807) is 5.57 Å². The van der Waals surface area contributed by atoms with Crippen molar-refractivity contribution in [3.05, 3.63) is 47.5 Å². The summed E-state index contributed by atoms with van der Waals surface area (Å²) in [5.74, 6) is 0. The van der Waals surface area contributed by atoms with Gasteiger partial charge in [0.1, 0.15) is 0 Å². The molecule has 1 aliphatic heterocycles. The molecular formula is C12H12N. The van der Waals surface area contributed by atoms with Crippen LogP contribution in [0.3, 0.4) is 0 Å². The zero-order chi connectivity index (χ0) is 8.67. The van der Waals surface area contributed by atoms with Crippen molar-refractivity contribution in [1.29, 1.82) is 0 Å². The Hall–Kier alpha value is -1.08. The molecular weight excluding hydrogens is 158 g/mol. The van der Waals surface area contributed by atoms with Crippen LogP contribution in [0.1, 0.15) is 17.5 Å². The summed E-state index contributed by atoms with van der Waals surface area (Å²) in [5.41, 5.74) is 6.03. The third-order valence-electron chi connectivity index (χ3n) is 2.91. The Kier molecular flexibility index (Phi) is 1.53. The fourth-order valence-electron chi connectivity index (χ4n) is 2.28. The van der Waals surface area contributed by atoms with Crippen molar-refractivity contribution in [1.82, 2.24) is 5.32 Å². The van der Waals surface area contributed by atoms with Crippen molar-refractivity contribution in [2.75, 3.05) is 6.54 Å². The minimum absolute atomic E-state index is 1.09. The van der Waals surface area contributed by atoms with Gasteiger partial charge in [0, 0.05) is 6.54 Å². The summed E-state index contributed by atoms with van der Waals surface area (Å²) in [6, 6.07) is 8.75. The first kappa shape index (κ1) is 7.34.